The molecule has 0 amide bonds. The topological polar surface area (TPSA) is 37.3 Å². The lowest BCUT2D eigenvalue weighted by Gasteiger charge is -2.15. The third-order valence-corrected chi connectivity index (χ3v) is 3.45. The molecule has 0 saturated carbocycles. The molecule has 0 aromatic carbocycles. The molecule has 0 rings (SSSR count). The highest BCUT2D eigenvalue weighted by Gasteiger charge is 2.23. The first-order valence-corrected chi connectivity index (χ1v) is 7.81. The number of hydrogen-bond acceptors (Lipinski definition) is 1. The summed E-state index contributed by atoms with van der Waals surface area (Å²) >= 11 is 23.0. The number of carboxylic acid groups (broad SMARTS) is 1. The van der Waals surface area contributed by atoms with E-state index in [2.05, 4.69) is 0 Å². The van der Waals surface area contributed by atoms with Crippen LogP contribution >= 0.6 is 46.4 Å². The molecule has 18 heavy (non-hydrogen) atoms. The van der Waals surface area contributed by atoms with Crippen molar-refractivity contribution in [3.05, 3.63) is 0 Å². The van der Waals surface area contributed by atoms with E-state index in [1.165, 1.54) is 0 Å². The summed E-state index contributed by atoms with van der Waals surface area (Å²) in [6.07, 6.45) is 7.53. The Labute approximate surface area is 129 Å². The lowest BCUT2D eigenvalue weighted by atomic mass is 10.1. The van der Waals surface area contributed by atoms with Crippen LogP contribution in [0, 0.1) is 0 Å². The van der Waals surface area contributed by atoms with Crippen LogP contribution in [0.2, 0.25) is 0 Å². The van der Waals surface area contributed by atoms with Crippen molar-refractivity contribution in [1.29, 1.82) is 0 Å². The largest absolute Gasteiger partial charge is 0.481 e. The molecule has 0 aromatic rings. The summed E-state index contributed by atoms with van der Waals surface area (Å²) in [5.41, 5.74) is 0. The lowest BCUT2D eigenvalue weighted by Crippen LogP contribution is -2.11. The van der Waals surface area contributed by atoms with Gasteiger partial charge < -0.3 is 5.11 Å². The molecule has 1 N–H and O–H groups in total. The summed E-state index contributed by atoms with van der Waals surface area (Å²) in [5, 5.41) is 8.37. The standard InChI is InChI=1S/C12H20Cl4O2/c13-10(9-12(14,15)16)7-5-3-1-2-4-6-8-11(17)18/h10H,1-9H2,(H,17,18). The van der Waals surface area contributed by atoms with E-state index in [0.29, 0.717) is 6.42 Å². The highest BCUT2D eigenvalue weighted by atomic mass is 35.6. The monoisotopic (exact) mass is 336 g/mol. The molecule has 1 atom stereocenters. The van der Waals surface area contributed by atoms with E-state index < -0.39 is 9.76 Å². The molecule has 0 radical (unpaired) electrons. The van der Waals surface area contributed by atoms with E-state index in [0.717, 1.165) is 44.9 Å². The third kappa shape index (κ3) is 14.7. The van der Waals surface area contributed by atoms with Gasteiger partial charge in [-0.1, -0.05) is 66.9 Å². The van der Waals surface area contributed by atoms with Crippen LogP contribution in [0.5, 0.6) is 0 Å². The minimum atomic E-state index is -1.26. The zero-order valence-electron chi connectivity index (χ0n) is 10.3. The fourth-order valence-electron chi connectivity index (χ4n) is 1.70. The maximum atomic E-state index is 10.3. The normalized spacial score (nSPS) is 13.6. The molecule has 0 aliphatic heterocycles. The SMILES string of the molecule is O=C(O)CCCCCCCCC(Cl)CC(Cl)(Cl)Cl. The van der Waals surface area contributed by atoms with E-state index >= 15 is 0 Å². The van der Waals surface area contributed by atoms with Gasteiger partial charge in [0.15, 0.2) is 3.79 Å². The van der Waals surface area contributed by atoms with Crippen molar-refractivity contribution >= 4 is 52.4 Å². The highest BCUT2D eigenvalue weighted by Crippen LogP contribution is 2.34. The molecule has 0 aliphatic carbocycles. The summed E-state index contributed by atoms with van der Waals surface area (Å²) in [6.45, 7) is 0. The second kappa shape index (κ2) is 10.4. The van der Waals surface area contributed by atoms with Crippen LogP contribution in [0.3, 0.4) is 0 Å². The van der Waals surface area contributed by atoms with Crippen LogP contribution in [-0.2, 0) is 4.79 Å². The molecular weight excluding hydrogens is 318 g/mol. The average molecular weight is 338 g/mol. The molecule has 0 spiro atoms. The van der Waals surface area contributed by atoms with Crippen LogP contribution in [0.1, 0.15) is 57.8 Å². The molecule has 1 unspecified atom stereocenters. The summed E-state index contributed by atoms with van der Waals surface area (Å²) < 4.78 is -1.26. The first-order valence-electron chi connectivity index (χ1n) is 6.24. The molecule has 0 bridgehead atoms. The van der Waals surface area contributed by atoms with Gasteiger partial charge in [-0.15, -0.1) is 11.6 Å². The van der Waals surface area contributed by atoms with E-state index in [1.807, 2.05) is 0 Å². The average Bonchev–Trinajstić information content (AvgIpc) is 2.18. The quantitative estimate of drug-likeness (QED) is 0.418. The minimum Gasteiger partial charge on any atom is -0.481 e. The maximum Gasteiger partial charge on any atom is 0.303 e. The van der Waals surface area contributed by atoms with Gasteiger partial charge in [0.05, 0.1) is 0 Å². The van der Waals surface area contributed by atoms with E-state index in [1.54, 1.807) is 0 Å². The summed E-state index contributed by atoms with van der Waals surface area (Å²) in [6, 6.07) is 0. The Bertz CT molecular complexity index is 229. The lowest BCUT2D eigenvalue weighted by molar-refractivity contribution is -0.137. The molecule has 2 nitrogen and oxygen atoms in total. The second-order valence-electron chi connectivity index (χ2n) is 4.47. The molecule has 6 heteroatoms. The number of rotatable bonds is 10. The Morgan fingerprint density at radius 1 is 1.00 bits per heavy atom. The van der Waals surface area contributed by atoms with Crippen molar-refractivity contribution in [2.45, 2.75) is 67.0 Å². The van der Waals surface area contributed by atoms with Gasteiger partial charge >= 0.3 is 5.97 Å². The first-order chi connectivity index (χ1) is 8.31. The van der Waals surface area contributed by atoms with Crippen molar-refractivity contribution < 1.29 is 9.90 Å². The molecule has 108 valence electrons. The number of aliphatic carboxylic acids is 1. The van der Waals surface area contributed by atoms with Crippen molar-refractivity contribution in [2.24, 2.45) is 0 Å². The first kappa shape index (κ1) is 18.6. The van der Waals surface area contributed by atoms with Crippen LogP contribution in [0.15, 0.2) is 0 Å². The zero-order chi connectivity index (χ0) is 14.0. The van der Waals surface area contributed by atoms with Crippen molar-refractivity contribution in [3.63, 3.8) is 0 Å². The van der Waals surface area contributed by atoms with Crippen LogP contribution in [0.4, 0.5) is 0 Å². The maximum absolute atomic E-state index is 10.3. The number of unbranched alkanes of at least 4 members (excludes halogenated alkanes) is 5. The summed E-state index contributed by atoms with van der Waals surface area (Å²) in [4.78, 5) is 10.3. The van der Waals surface area contributed by atoms with E-state index in [9.17, 15) is 4.79 Å². The number of hydrogen-bond donors (Lipinski definition) is 1. The van der Waals surface area contributed by atoms with Gasteiger partial charge in [-0.3, -0.25) is 4.79 Å². The van der Waals surface area contributed by atoms with Gasteiger partial charge in [0.2, 0.25) is 0 Å². The second-order valence-corrected chi connectivity index (χ2v) is 7.60. The number of halogens is 4. The molecule has 0 saturated heterocycles. The Morgan fingerprint density at radius 2 is 1.50 bits per heavy atom. The Morgan fingerprint density at radius 3 is 2.00 bits per heavy atom. The van der Waals surface area contributed by atoms with E-state index in [-0.39, 0.29) is 11.8 Å². The number of alkyl halides is 4. The number of carbonyl (C=O) groups is 1. The van der Waals surface area contributed by atoms with Gasteiger partial charge in [-0.05, 0) is 12.8 Å². The fraction of sp³-hybridized carbons (Fsp3) is 0.917. The van der Waals surface area contributed by atoms with Gasteiger partial charge in [0.1, 0.15) is 0 Å². The minimum absolute atomic E-state index is 0.0930. The zero-order valence-corrected chi connectivity index (χ0v) is 13.3. The van der Waals surface area contributed by atoms with Gasteiger partial charge in [-0.25, -0.2) is 0 Å². The predicted octanol–water partition coefficient (Wildman–Crippen LogP) is 5.56. The Kier molecular flexibility index (Phi) is 10.8. The van der Waals surface area contributed by atoms with Crippen LogP contribution in [0.25, 0.3) is 0 Å². The molecule has 0 aliphatic rings. The van der Waals surface area contributed by atoms with Crippen molar-refractivity contribution in [3.8, 4) is 0 Å². The third-order valence-electron chi connectivity index (χ3n) is 2.61. The number of carboxylic acids is 1. The van der Waals surface area contributed by atoms with Crippen molar-refractivity contribution in [1.82, 2.24) is 0 Å². The van der Waals surface area contributed by atoms with E-state index in [4.69, 9.17) is 51.5 Å². The van der Waals surface area contributed by atoms with Crippen LogP contribution in [-0.4, -0.2) is 20.2 Å². The smallest absolute Gasteiger partial charge is 0.303 e. The molecule has 0 aromatic heterocycles. The van der Waals surface area contributed by atoms with Gasteiger partial charge in [-0.2, -0.15) is 0 Å². The highest BCUT2D eigenvalue weighted by molar-refractivity contribution is 6.67. The molecular formula is C12H20Cl4O2. The summed E-state index contributed by atoms with van der Waals surface area (Å²) in [7, 11) is 0. The predicted molar refractivity (Wildman–Crippen MR) is 79.1 cm³/mol. The molecule has 0 fully saturated rings. The van der Waals surface area contributed by atoms with Gasteiger partial charge in [0, 0.05) is 18.2 Å². The fourth-order valence-corrected chi connectivity index (χ4v) is 2.88. The summed E-state index contributed by atoms with van der Waals surface area (Å²) in [5.74, 6) is -0.716. The Balaban J connectivity index is 3.27. The molecule has 0 heterocycles. The van der Waals surface area contributed by atoms with Gasteiger partial charge in [0.25, 0.3) is 0 Å². The Hall–Kier alpha value is 0.630. The van der Waals surface area contributed by atoms with Crippen LogP contribution < -0.4 is 0 Å². The van der Waals surface area contributed by atoms with Crippen molar-refractivity contribution in [2.75, 3.05) is 0 Å².